The van der Waals surface area contributed by atoms with Crippen LogP contribution in [0.1, 0.15) is 38.7 Å². The Labute approximate surface area is 174 Å². The van der Waals surface area contributed by atoms with E-state index in [1.54, 1.807) is 38.1 Å². The van der Waals surface area contributed by atoms with E-state index in [4.69, 9.17) is 21.1 Å². The minimum Gasteiger partial charge on any atom is -0.468 e. The van der Waals surface area contributed by atoms with E-state index >= 15 is 0 Å². The molecule has 1 aromatic rings. The summed E-state index contributed by atoms with van der Waals surface area (Å²) in [6.07, 6.45) is 0.498. The number of ether oxygens (including phenoxy) is 2. The van der Waals surface area contributed by atoms with Crippen molar-refractivity contribution < 1.29 is 23.9 Å². The van der Waals surface area contributed by atoms with Crippen LogP contribution in [0.25, 0.3) is 0 Å². The number of allylic oxidation sites excluding steroid dienone is 3. The average molecular weight is 418 g/mol. The number of benzene rings is 1. The fourth-order valence-electron chi connectivity index (χ4n) is 4.15. The van der Waals surface area contributed by atoms with Crippen LogP contribution in [0.5, 0.6) is 0 Å². The third kappa shape index (κ3) is 3.81. The molecular formula is C22H24ClNO5. The van der Waals surface area contributed by atoms with Crippen molar-refractivity contribution in [3.63, 3.8) is 0 Å². The quantitative estimate of drug-likeness (QED) is 0.596. The minimum atomic E-state index is -0.905. The summed E-state index contributed by atoms with van der Waals surface area (Å²) in [7, 11) is 1.27. The topological polar surface area (TPSA) is 81.7 Å². The summed E-state index contributed by atoms with van der Waals surface area (Å²) in [6.45, 7) is 5.58. The number of ketones is 1. The fraction of sp³-hybridized carbons (Fsp3) is 0.409. The van der Waals surface area contributed by atoms with Gasteiger partial charge in [0.05, 0.1) is 19.3 Å². The van der Waals surface area contributed by atoms with E-state index < -0.39 is 23.8 Å². The molecule has 0 amide bonds. The molecule has 154 valence electrons. The largest absolute Gasteiger partial charge is 0.468 e. The Morgan fingerprint density at radius 3 is 2.48 bits per heavy atom. The van der Waals surface area contributed by atoms with E-state index in [1.165, 1.54) is 7.11 Å². The van der Waals surface area contributed by atoms with E-state index in [1.807, 2.05) is 6.92 Å². The normalized spacial score (nSPS) is 24.0. The number of esters is 2. The lowest BCUT2D eigenvalue weighted by atomic mass is 9.69. The molecule has 1 N–H and O–H groups in total. The summed E-state index contributed by atoms with van der Waals surface area (Å²) in [5.74, 6) is -3.15. The number of Topliss-reactive ketones (excluding diaryl/α,β-unsaturated/α-hetero) is 1. The summed E-state index contributed by atoms with van der Waals surface area (Å²) in [4.78, 5) is 38.6. The highest BCUT2D eigenvalue weighted by atomic mass is 35.5. The van der Waals surface area contributed by atoms with Gasteiger partial charge < -0.3 is 14.8 Å². The lowest BCUT2D eigenvalue weighted by molar-refractivity contribution is -0.151. The zero-order valence-corrected chi connectivity index (χ0v) is 17.6. The maximum Gasteiger partial charge on any atom is 0.336 e. The average Bonchev–Trinajstić information content (AvgIpc) is 2.67. The third-order valence-electron chi connectivity index (χ3n) is 5.44. The Bertz CT molecular complexity index is 916. The maximum atomic E-state index is 13.5. The summed E-state index contributed by atoms with van der Waals surface area (Å²) < 4.78 is 10.1. The van der Waals surface area contributed by atoms with Gasteiger partial charge in [-0.3, -0.25) is 9.59 Å². The van der Waals surface area contributed by atoms with Crippen LogP contribution < -0.4 is 5.32 Å². The van der Waals surface area contributed by atoms with Crippen LogP contribution >= 0.6 is 11.6 Å². The van der Waals surface area contributed by atoms with Crippen LogP contribution in [0.15, 0.2) is 46.8 Å². The van der Waals surface area contributed by atoms with Gasteiger partial charge in [0.25, 0.3) is 0 Å². The van der Waals surface area contributed by atoms with Gasteiger partial charge >= 0.3 is 11.9 Å². The molecule has 1 aliphatic heterocycles. The van der Waals surface area contributed by atoms with Crippen LogP contribution in [0.4, 0.5) is 0 Å². The van der Waals surface area contributed by atoms with Gasteiger partial charge in [-0.05, 0) is 43.9 Å². The summed E-state index contributed by atoms with van der Waals surface area (Å²) >= 11 is 6.04. The molecule has 7 heteroatoms. The highest BCUT2D eigenvalue weighted by Crippen LogP contribution is 2.45. The number of hydrogen-bond donors (Lipinski definition) is 1. The molecule has 0 radical (unpaired) electrons. The molecular weight excluding hydrogens is 394 g/mol. The Morgan fingerprint density at radius 1 is 1.24 bits per heavy atom. The van der Waals surface area contributed by atoms with E-state index in [9.17, 15) is 14.4 Å². The number of halogens is 1. The SMILES string of the molecule is CCOC(=O)C1=C(C)NC2=C(C(=O)[C@@H](C(=O)OC)[C@H](C)C2)[C@@H]1c1ccc(Cl)cc1. The van der Waals surface area contributed by atoms with Crippen molar-refractivity contribution in [2.24, 2.45) is 11.8 Å². The van der Waals surface area contributed by atoms with E-state index in [2.05, 4.69) is 5.32 Å². The Balaban J connectivity index is 2.18. The molecule has 1 aliphatic carbocycles. The first-order valence-electron chi connectivity index (χ1n) is 9.55. The second-order valence-corrected chi connectivity index (χ2v) is 7.74. The fourth-order valence-corrected chi connectivity index (χ4v) is 4.27. The van der Waals surface area contributed by atoms with Crippen molar-refractivity contribution in [2.45, 2.75) is 33.1 Å². The maximum absolute atomic E-state index is 13.5. The molecule has 1 aromatic carbocycles. The predicted octanol–water partition coefficient (Wildman–Crippen LogP) is 3.52. The number of carbonyl (C=O) groups excluding carboxylic acids is 3. The molecule has 3 rings (SSSR count). The van der Waals surface area contributed by atoms with Gasteiger partial charge in [-0.2, -0.15) is 0 Å². The van der Waals surface area contributed by atoms with E-state index in [-0.39, 0.29) is 18.3 Å². The first-order chi connectivity index (χ1) is 13.8. The summed E-state index contributed by atoms with van der Waals surface area (Å²) in [6, 6.07) is 7.00. The van der Waals surface area contributed by atoms with Crippen molar-refractivity contribution in [1.82, 2.24) is 5.32 Å². The van der Waals surface area contributed by atoms with Gasteiger partial charge in [0.1, 0.15) is 5.92 Å². The number of hydrogen-bond acceptors (Lipinski definition) is 6. The molecule has 0 fully saturated rings. The van der Waals surface area contributed by atoms with Gasteiger partial charge in [0.15, 0.2) is 5.78 Å². The zero-order chi connectivity index (χ0) is 21.3. The van der Waals surface area contributed by atoms with Gasteiger partial charge in [0.2, 0.25) is 0 Å². The molecule has 3 atom stereocenters. The number of nitrogens with one attached hydrogen (secondary N) is 1. The van der Waals surface area contributed by atoms with Crippen molar-refractivity contribution >= 4 is 29.3 Å². The summed E-state index contributed by atoms with van der Waals surface area (Å²) in [5.41, 5.74) is 2.87. The molecule has 0 saturated carbocycles. The molecule has 0 unspecified atom stereocenters. The molecule has 2 aliphatic rings. The van der Waals surface area contributed by atoms with Crippen molar-refractivity contribution in [1.29, 1.82) is 0 Å². The van der Waals surface area contributed by atoms with E-state index in [0.29, 0.717) is 28.3 Å². The monoisotopic (exact) mass is 417 g/mol. The molecule has 1 heterocycles. The molecule has 29 heavy (non-hydrogen) atoms. The zero-order valence-electron chi connectivity index (χ0n) is 16.9. The molecule has 0 saturated heterocycles. The second kappa shape index (κ2) is 8.41. The van der Waals surface area contributed by atoms with Crippen LogP contribution in [0, 0.1) is 11.8 Å². The Morgan fingerprint density at radius 2 is 1.90 bits per heavy atom. The second-order valence-electron chi connectivity index (χ2n) is 7.31. The number of methoxy groups -OCH3 is 1. The van der Waals surface area contributed by atoms with Gasteiger partial charge in [-0.1, -0.05) is 30.7 Å². The molecule has 0 bridgehead atoms. The first-order valence-corrected chi connectivity index (χ1v) is 9.93. The van der Waals surface area contributed by atoms with Crippen LogP contribution in [-0.4, -0.2) is 31.4 Å². The molecule has 0 aromatic heterocycles. The minimum absolute atomic E-state index is 0.213. The molecule has 6 nitrogen and oxygen atoms in total. The van der Waals surface area contributed by atoms with Crippen molar-refractivity contribution in [3.8, 4) is 0 Å². The number of carbonyl (C=O) groups is 3. The highest BCUT2D eigenvalue weighted by molar-refractivity contribution is 6.30. The van der Waals surface area contributed by atoms with Crippen molar-refractivity contribution in [3.05, 3.63) is 57.4 Å². The van der Waals surface area contributed by atoms with Gasteiger partial charge in [-0.15, -0.1) is 0 Å². The van der Waals surface area contributed by atoms with Crippen LogP contribution in [-0.2, 0) is 23.9 Å². The third-order valence-corrected chi connectivity index (χ3v) is 5.69. The van der Waals surface area contributed by atoms with Crippen LogP contribution in [0.3, 0.4) is 0 Å². The van der Waals surface area contributed by atoms with Crippen LogP contribution in [0.2, 0.25) is 5.02 Å². The van der Waals surface area contributed by atoms with Crippen molar-refractivity contribution in [2.75, 3.05) is 13.7 Å². The molecule has 0 spiro atoms. The Kier molecular flexibility index (Phi) is 6.13. The predicted molar refractivity (Wildman–Crippen MR) is 108 cm³/mol. The Hall–Kier alpha value is -2.60. The standard InChI is InChI=1S/C22H24ClNO5/c1-5-29-22(27)17-12(3)24-15-10-11(2)16(21(26)28-4)20(25)19(15)18(17)13-6-8-14(23)9-7-13/h6-9,11,16,18,24H,5,10H2,1-4H3/t11-,16+,18-/m1/s1. The highest BCUT2D eigenvalue weighted by Gasteiger charge is 2.47. The first kappa shape index (κ1) is 21.1. The van der Waals surface area contributed by atoms with Gasteiger partial charge in [-0.25, -0.2) is 4.79 Å². The number of dihydropyridines is 1. The van der Waals surface area contributed by atoms with Gasteiger partial charge in [0, 0.05) is 27.9 Å². The number of rotatable bonds is 4. The summed E-state index contributed by atoms with van der Waals surface area (Å²) in [5, 5.41) is 3.76. The lowest BCUT2D eigenvalue weighted by Gasteiger charge is -2.38. The smallest absolute Gasteiger partial charge is 0.336 e. The lowest BCUT2D eigenvalue weighted by Crippen LogP contribution is -2.43. The van der Waals surface area contributed by atoms with E-state index in [0.717, 1.165) is 11.3 Å².